The lowest BCUT2D eigenvalue weighted by Crippen LogP contribution is -2.05. The quantitative estimate of drug-likeness (QED) is 0.614. The van der Waals surface area contributed by atoms with Crippen molar-refractivity contribution in [2.24, 2.45) is 0 Å². The molecule has 0 saturated heterocycles. The third kappa shape index (κ3) is 2.55. The molecule has 0 atom stereocenters. The van der Waals surface area contributed by atoms with Crippen LogP contribution in [0.15, 0.2) is 42.5 Å². The van der Waals surface area contributed by atoms with Gasteiger partial charge in [0, 0.05) is 21.2 Å². The van der Waals surface area contributed by atoms with E-state index in [1.54, 1.807) is 0 Å². The first kappa shape index (κ1) is 14.8. The SMILES string of the molecule is Cc1ccc(-n2nc(-c3cccc(I)c3)c3c2NCC3)c(C)c1. The van der Waals surface area contributed by atoms with E-state index in [1.807, 2.05) is 0 Å². The summed E-state index contributed by atoms with van der Waals surface area (Å²) in [5.74, 6) is 1.14. The van der Waals surface area contributed by atoms with Crippen molar-refractivity contribution in [2.45, 2.75) is 20.3 Å². The van der Waals surface area contributed by atoms with Crippen LogP contribution in [0.2, 0.25) is 0 Å². The Bertz CT molecular complexity index is 896. The lowest BCUT2D eigenvalue weighted by molar-refractivity contribution is 0.874. The van der Waals surface area contributed by atoms with Gasteiger partial charge in [-0.25, -0.2) is 4.68 Å². The fraction of sp³-hybridized carbons (Fsp3) is 0.211. The summed E-state index contributed by atoms with van der Waals surface area (Å²) < 4.78 is 3.31. The van der Waals surface area contributed by atoms with Crippen molar-refractivity contribution in [2.75, 3.05) is 11.9 Å². The monoisotopic (exact) mass is 415 g/mol. The number of nitrogens with one attached hydrogen (secondary N) is 1. The standard InChI is InChI=1S/C19H18IN3/c1-12-6-7-17(13(2)10-12)23-19-16(8-9-21-19)18(22-23)14-4-3-5-15(20)11-14/h3-7,10-11,21H,8-9H2,1-2H3. The van der Waals surface area contributed by atoms with Crippen molar-refractivity contribution in [1.82, 2.24) is 9.78 Å². The summed E-state index contributed by atoms with van der Waals surface area (Å²) in [5, 5.41) is 8.47. The predicted octanol–water partition coefficient (Wildman–Crippen LogP) is 4.73. The van der Waals surface area contributed by atoms with Gasteiger partial charge >= 0.3 is 0 Å². The number of rotatable bonds is 2. The van der Waals surface area contributed by atoms with Gasteiger partial charge in [-0.15, -0.1) is 0 Å². The van der Waals surface area contributed by atoms with Crippen molar-refractivity contribution in [3.8, 4) is 16.9 Å². The molecular formula is C19H18IN3. The minimum absolute atomic E-state index is 0.981. The first-order valence-corrected chi connectivity index (χ1v) is 8.91. The van der Waals surface area contributed by atoms with Gasteiger partial charge in [0.1, 0.15) is 5.82 Å². The molecule has 23 heavy (non-hydrogen) atoms. The number of fused-ring (bicyclic) bond motifs is 1. The Balaban J connectivity index is 1.91. The van der Waals surface area contributed by atoms with Crippen LogP contribution < -0.4 is 5.32 Å². The minimum atomic E-state index is 0.981. The number of aromatic nitrogens is 2. The molecule has 116 valence electrons. The molecule has 0 unspecified atom stereocenters. The molecule has 1 aliphatic heterocycles. The van der Waals surface area contributed by atoms with E-state index in [4.69, 9.17) is 5.10 Å². The highest BCUT2D eigenvalue weighted by molar-refractivity contribution is 14.1. The average molecular weight is 415 g/mol. The van der Waals surface area contributed by atoms with Crippen LogP contribution in [0.4, 0.5) is 5.82 Å². The third-order valence-electron chi connectivity index (χ3n) is 4.33. The number of benzene rings is 2. The normalized spacial score (nSPS) is 13.0. The number of anilines is 1. The lowest BCUT2D eigenvalue weighted by Gasteiger charge is -2.10. The summed E-state index contributed by atoms with van der Waals surface area (Å²) in [6.07, 6.45) is 1.03. The molecule has 1 N–H and O–H groups in total. The van der Waals surface area contributed by atoms with Gasteiger partial charge in [-0.1, -0.05) is 29.8 Å². The summed E-state index contributed by atoms with van der Waals surface area (Å²) in [7, 11) is 0. The second kappa shape index (κ2) is 5.67. The lowest BCUT2D eigenvalue weighted by atomic mass is 10.1. The molecule has 0 radical (unpaired) electrons. The minimum Gasteiger partial charge on any atom is -0.369 e. The Kier molecular flexibility index (Phi) is 3.64. The molecule has 4 heteroatoms. The molecule has 2 heterocycles. The number of nitrogens with zero attached hydrogens (tertiary/aromatic N) is 2. The Morgan fingerprint density at radius 1 is 1.13 bits per heavy atom. The molecule has 4 rings (SSSR count). The second-order valence-corrected chi connectivity index (χ2v) is 7.31. The van der Waals surface area contributed by atoms with E-state index >= 15 is 0 Å². The predicted molar refractivity (Wildman–Crippen MR) is 103 cm³/mol. The van der Waals surface area contributed by atoms with E-state index in [0.717, 1.165) is 30.2 Å². The van der Waals surface area contributed by atoms with Gasteiger partial charge in [-0.2, -0.15) is 5.10 Å². The summed E-state index contributed by atoms with van der Waals surface area (Å²) in [6, 6.07) is 15.1. The van der Waals surface area contributed by atoms with Crippen LogP contribution in [0.3, 0.4) is 0 Å². The van der Waals surface area contributed by atoms with Crippen LogP contribution in [0.5, 0.6) is 0 Å². The van der Waals surface area contributed by atoms with Gasteiger partial charge in [0.05, 0.1) is 11.4 Å². The molecule has 1 aromatic heterocycles. The maximum absolute atomic E-state index is 4.95. The molecule has 1 aliphatic rings. The third-order valence-corrected chi connectivity index (χ3v) is 5.00. The van der Waals surface area contributed by atoms with Crippen LogP contribution in [0.1, 0.15) is 16.7 Å². The van der Waals surface area contributed by atoms with E-state index in [0.29, 0.717) is 0 Å². The fourth-order valence-electron chi connectivity index (χ4n) is 3.26. The molecule has 0 bridgehead atoms. The zero-order chi connectivity index (χ0) is 16.0. The highest BCUT2D eigenvalue weighted by Crippen LogP contribution is 2.35. The average Bonchev–Trinajstić information content (AvgIpc) is 3.10. The second-order valence-electron chi connectivity index (χ2n) is 6.06. The Hall–Kier alpha value is -1.82. The Morgan fingerprint density at radius 3 is 2.78 bits per heavy atom. The van der Waals surface area contributed by atoms with E-state index in [1.165, 1.54) is 25.8 Å². The van der Waals surface area contributed by atoms with E-state index < -0.39 is 0 Å². The van der Waals surface area contributed by atoms with Crippen LogP contribution in [-0.4, -0.2) is 16.3 Å². The molecule has 0 saturated carbocycles. The highest BCUT2D eigenvalue weighted by Gasteiger charge is 2.24. The summed E-state index contributed by atoms with van der Waals surface area (Å²) in [4.78, 5) is 0. The molecule has 0 aliphatic carbocycles. The molecule has 2 aromatic carbocycles. The number of halogens is 1. The molecule has 0 spiro atoms. The van der Waals surface area contributed by atoms with Crippen LogP contribution >= 0.6 is 22.6 Å². The van der Waals surface area contributed by atoms with E-state index in [2.05, 4.69) is 88.9 Å². The first-order valence-electron chi connectivity index (χ1n) is 7.83. The van der Waals surface area contributed by atoms with E-state index in [-0.39, 0.29) is 0 Å². The molecular weight excluding hydrogens is 397 g/mol. The maximum Gasteiger partial charge on any atom is 0.133 e. The van der Waals surface area contributed by atoms with Gasteiger partial charge in [0.25, 0.3) is 0 Å². The number of aryl methyl sites for hydroxylation is 2. The molecule has 0 amide bonds. The Morgan fingerprint density at radius 2 is 2.00 bits per heavy atom. The number of hydrogen-bond acceptors (Lipinski definition) is 2. The molecule has 0 fully saturated rings. The van der Waals surface area contributed by atoms with Crippen molar-refractivity contribution >= 4 is 28.4 Å². The smallest absolute Gasteiger partial charge is 0.133 e. The van der Waals surface area contributed by atoms with Gasteiger partial charge in [0.15, 0.2) is 0 Å². The van der Waals surface area contributed by atoms with E-state index in [9.17, 15) is 0 Å². The Labute approximate surface area is 149 Å². The summed E-state index contributed by atoms with van der Waals surface area (Å²) in [5.41, 5.74) is 7.30. The zero-order valence-electron chi connectivity index (χ0n) is 13.2. The summed E-state index contributed by atoms with van der Waals surface area (Å²) in [6.45, 7) is 5.26. The van der Waals surface area contributed by atoms with Gasteiger partial charge in [0.2, 0.25) is 0 Å². The fourth-order valence-corrected chi connectivity index (χ4v) is 3.80. The molecule has 3 aromatic rings. The zero-order valence-corrected chi connectivity index (χ0v) is 15.4. The van der Waals surface area contributed by atoms with Crippen LogP contribution in [0, 0.1) is 17.4 Å². The van der Waals surface area contributed by atoms with Crippen molar-refractivity contribution < 1.29 is 0 Å². The van der Waals surface area contributed by atoms with Gasteiger partial charge < -0.3 is 5.32 Å². The summed E-state index contributed by atoms with van der Waals surface area (Å²) >= 11 is 2.36. The van der Waals surface area contributed by atoms with Crippen molar-refractivity contribution in [3.05, 3.63) is 62.7 Å². The van der Waals surface area contributed by atoms with Gasteiger partial charge in [-0.05, 0) is 66.6 Å². The highest BCUT2D eigenvalue weighted by atomic mass is 127. The maximum atomic E-state index is 4.95. The van der Waals surface area contributed by atoms with Crippen molar-refractivity contribution in [1.29, 1.82) is 0 Å². The van der Waals surface area contributed by atoms with Crippen LogP contribution in [-0.2, 0) is 6.42 Å². The van der Waals surface area contributed by atoms with Crippen LogP contribution in [0.25, 0.3) is 16.9 Å². The number of hydrogen-bond donors (Lipinski definition) is 1. The first-order chi connectivity index (χ1) is 11.1. The molecule has 3 nitrogen and oxygen atoms in total. The van der Waals surface area contributed by atoms with Gasteiger partial charge in [-0.3, -0.25) is 0 Å². The largest absolute Gasteiger partial charge is 0.369 e. The topological polar surface area (TPSA) is 29.9 Å². The van der Waals surface area contributed by atoms with Crippen molar-refractivity contribution in [3.63, 3.8) is 0 Å².